The third-order valence-corrected chi connectivity index (χ3v) is 3.80. The first-order valence-electron chi connectivity index (χ1n) is 6.54. The predicted molar refractivity (Wildman–Crippen MR) is 70.7 cm³/mol. The van der Waals surface area contributed by atoms with Crippen LogP contribution in [0.3, 0.4) is 0 Å². The molecule has 1 aliphatic heterocycles. The molecule has 2 rings (SSSR count). The van der Waals surface area contributed by atoms with Crippen molar-refractivity contribution in [2.75, 3.05) is 6.54 Å². The van der Waals surface area contributed by atoms with Gasteiger partial charge in [0.1, 0.15) is 0 Å². The molecule has 1 N–H and O–H groups in total. The van der Waals surface area contributed by atoms with Crippen molar-refractivity contribution in [1.29, 1.82) is 0 Å². The maximum absolute atomic E-state index is 9.22. The average molecular weight is 233 g/mol. The minimum atomic E-state index is 0.137. The highest BCUT2D eigenvalue weighted by molar-refractivity contribution is 5.39. The second-order valence-corrected chi connectivity index (χ2v) is 5.56. The molecular formula is C15H23NO. The summed E-state index contributed by atoms with van der Waals surface area (Å²) in [5, 5.41) is 9.22. The zero-order chi connectivity index (χ0) is 12.6. The van der Waals surface area contributed by atoms with Crippen LogP contribution in [0.4, 0.5) is 0 Å². The largest absolute Gasteiger partial charge is 0.392 e. The second kappa shape index (κ2) is 4.79. The van der Waals surface area contributed by atoms with Crippen molar-refractivity contribution in [3.8, 4) is 0 Å². The summed E-state index contributed by atoms with van der Waals surface area (Å²) in [6.45, 7) is 10.3. The lowest BCUT2D eigenvalue weighted by Gasteiger charge is -2.28. The summed E-state index contributed by atoms with van der Waals surface area (Å²) in [5.41, 5.74) is 3.84. The average Bonchev–Trinajstić information content (AvgIpc) is 2.53. The van der Waals surface area contributed by atoms with E-state index < -0.39 is 0 Å². The van der Waals surface area contributed by atoms with Gasteiger partial charge >= 0.3 is 0 Å². The van der Waals surface area contributed by atoms with Gasteiger partial charge in [-0.2, -0.15) is 0 Å². The Labute approximate surface area is 104 Å². The van der Waals surface area contributed by atoms with Crippen molar-refractivity contribution in [2.45, 2.75) is 46.4 Å². The Hall–Kier alpha value is -0.860. The van der Waals surface area contributed by atoms with Crippen LogP contribution in [-0.2, 0) is 6.61 Å². The van der Waals surface area contributed by atoms with E-state index in [1.165, 1.54) is 11.1 Å². The Bertz CT molecular complexity index is 400. The van der Waals surface area contributed by atoms with Gasteiger partial charge in [-0.25, -0.2) is 0 Å². The molecule has 2 atom stereocenters. The SMILES string of the molecule is CC(C)CN1C(C)c2ccc(CO)cc2C1C. The molecule has 2 unspecified atom stereocenters. The van der Waals surface area contributed by atoms with Gasteiger partial charge in [0.15, 0.2) is 0 Å². The Balaban J connectivity index is 2.31. The molecule has 0 fully saturated rings. The highest BCUT2D eigenvalue weighted by Crippen LogP contribution is 2.42. The van der Waals surface area contributed by atoms with Gasteiger partial charge in [-0.1, -0.05) is 32.0 Å². The van der Waals surface area contributed by atoms with Crippen LogP contribution in [0.25, 0.3) is 0 Å². The first-order chi connectivity index (χ1) is 8.04. The molecule has 94 valence electrons. The van der Waals surface area contributed by atoms with E-state index in [-0.39, 0.29) is 6.61 Å². The Kier molecular flexibility index (Phi) is 3.55. The monoisotopic (exact) mass is 233 g/mol. The Morgan fingerprint density at radius 1 is 1.18 bits per heavy atom. The van der Waals surface area contributed by atoms with E-state index in [0.717, 1.165) is 12.1 Å². The molecule has 0 amide bonds. The molecule has 0 spiro atoms. The van der Waals surface area contributed by atoms with Gasteiger partial charge in [-0.3, -0.25) is 4.90 Å². The number of hydrogen-bond acceptors (Lipinski definition) is 2. The Morgan fingerprint density at radius 3 is 2.41 bits per heavy atom. The van der Waals surface area contributed by atoms with Crippen molar-refractivity contribution in [2.24, 2.45) is 5.92 Å². The topological polar surface area (TPSA) is 23.5 Å². The van der Waals surface area contributed by atoms with E-state index in [1.807, 2.05) is 6.07 Å². The first kappa shape index (κ1) is 12.6. The maximum atomic E-state index is 9.22. The summed E-state index contributed by atoms with van der Waals surface area (Å²) >= 11 is 0. The zero-order valence-electron chi connectivity index (χ0n) is 11.3. The highest BCUT2D eigenvalue weighted by atomic mass is 16.3. The standard InChI is InChI=1S/C15H23NO/c1-10(2)8-16-11(3)14-6-5-13(9-17)7-15(14)12(16)4/h5-7,10-12,17H,8-9H2,1-4H3. The molecule has 2 heteroatoms. The molecule has 1 aromatic carbocycles. The molecule has 2 nitrogen and oxygen atoms in total. The summed E-state index contributed by atoms with van der Waals surface area (Å²) in [4.78, 5) is 2.55. The van der Waals surface area contributed by atoms with Crippen LogP contribution in [0.15, 0.2) is 18.2 Å². The first-order valence-corrected chi connectivity index (χ1v) is 6.54. The molecule has 0 bridgehead atoms. The van der Waals surface area contributed by atoms with E-state index in [9.17, 15) is 5.11 Å². The third-order valence-electron chi connectivity index (χ3n) is 3.80. The molecule has 0 saturated carbocycles. The normalized spacial score (nSPS) is 24.4. The van der Waals surface area contributed by atoms with Crippen LogP contribution in [0, 0.1) is 5.92 Å². The molecule has 1 aromatic rings. The van der Waals surface area contributed by atoms with Crippen LogP contribution < -0.4 is 0 Å². The van der Waals surface area contributed by atoms with Crippen LogP contribution in [0.2, 0.25) is 0 Å². The molecule has 0 saturated heterocycles. The lowest BCUT2D eigenvalue weighted by molar-refractivity contribution is 0.162. The van der Waals surface area contributed by atoms with Crippen molar-refractivity contribution >= 4 is 0 Å². The van der Waals surface area contributed by atoms with Crippen molar-refractivity contribution in [3.63, 3.8) is 0 Å². The molecule has 0 aromatic heterocycles. The van der Waals surface area contributed by atoms with E-state index in [4.69, 9.17) is 0 Å². The van der Waals surface area contributed by atoms with Crippen molar-refractivity contribution < 1.29 is 5.11 Å². The van der Waals surface area contributed by atoms with Gasteiger partial charge in [-0.05, 0) is 36.5 Å². The van der Waals surface area contributed by atoms with E-state index in [0.29, 0.717) is 18.0 Å². The summed E-state index contributed by atoms with van der Waals surface area (Å²) < 4.78 is 0. The van der Waals surface area contributed by atoms with Crippen LogP contribution in [0.1, 0.15) is 56.5 Å². The molecule has 17 heavy (non-hydrogen) atoms. The number of aliphatic hydroxyl groups is 1. The fourth-order valence-corrected chi connectivity index (χ4v) is 2.90. The summed E-state index contributed by atoms with van der Waals surface area (Å²) in [6.07, 6.45) is 0. The lowest BCUT2D eigenvalue weighted by atomic mass is 10.0. The van der Waals surface area contributed by atoms with Crippen LogP contribution in [0.5, 0.6) is 0 Å². The number of benzene rings is 1. The van der Waals surface area contributed by atoms with Crippen molar-refractivity contribution in [1.82, 2.24) is 4.90 Å². The molecule has 0 aliphatic carbocycles. The fraction of sp³-hybridized carbons (Fsp3) is 0.600. The van der Waals surface area contributed by atoms with Gasteiger partial charge in [0.25, 0.3) is 0 Å². The number of rotatable bonds is 3. The van der Waals surface area contributed by atoms with Crippen LogP contribution >= 0.6 is 0 Å². The van der Waals surface area contributed by atoms with E-state index >= 15 is 0 Å². The van der Waals surface area contributed by atoms with Crippen molar-refractivity contribution in [3.05, 3.63) is 34.9 Å². The molecule has 1 heterocycles. The predicted octanol–water partition coefficient (Wildman–Crippen LogP) is 3.27. The quantitative estimate of drug-likeness (QED) is 0.866. The lowest BCUT2D eigenvalue weighted by Crippen LogP contribution is -2.27. The second-order valence-electron chi connectivity index (χ2n) is 5.56. The van der Waals surface area contributed by atoms with Gasteiger partial charge < -0.3 is 5.11 Å². The van der Waals surface area contributed by atoms with Gasteiger partial charge in [-0.15, -0.1) is 0 Å². The van der Waals surface area contributed by atoms with Gasteiger partial charge in [0.2, 0.25) is 0 Å². The molecular weight excluding hydrogens is 210 g/mol. The van der Waals surface area contributed by atoms with Crippen LogP contribution in [-0.4, -0.2) is 16.6 Å². The highest BCUT2D eigenvalue weighted by Gasteiger charge is 2.32. The summed E-state index contributed by atoms with van der Waals surface area (Å²) in [5.74, 6) is 0.687. The number of aliphatic hydroxyl groups excluding tert-OH is 1. The van der Waals surface area contributed by atoms with E-state index in [2.05, 4.69) is 44.7 Å². The minimum Gasteiger partial charge on any atom is -0.392 e. The zero-order valence-corrected chi connectivity index (χ0v) is 11.3. The van der Waals surface area contributed by atoms with Gasteiger partial charge in [0.05, 0.1) is 6.61 Å². The number of hydrogen-bond donors (Lipinski definition) is 1. The smallest absolute Gasteiger partial charge is 0.0681 e. The maximum Gasteiger partial charge on any atom is 0.0681 e. The number of nitrogens with zero attached hydrogens (tertiary/aromatic N) is 1. The Morgan fingerprint density at radius 2 is 1.82 bits per heavy atom. The summed E-state index contributed by atoms with van der Waals surface area (Å²) in [6, 6.07) is 7.35. The molecule has 0 radical (unpaired) electrons. The number of fused-ring (bicyclic) bond motifs is 1. The summed E-state index contributed by atoms with van der Waals surface area (Å²) in [7, 11) is 0. The third kappa shape index (κ3) is 2.24. The van der Waals surface area contributed by atoms with E-state index in [1.54, 1.807) is 0 Å². The fourth-order valence-electron chi connectivity index (χ4n) is 2.90. The minimum absolute atomic E-state index is 0.137. The molecule has 1 aliphatic rings. The van der Waals surface area contributed by atoms with Gasteiger partial charge in [0, 0.05) is 18.6 Å².